The van der Waals surface area contributed by atoms with E-state index in [4.69, 9.17) is 11.6 Å². The third-order valence-corrected chi connectivity index (χ3v) is 5.59. The Bertz CT molecular complexity index is 1290. The summed E-state index contributed by atoms with van der Waals surface area (Å²) in [6.07, 6.45) is 5.10. The highest BCUT2D eigenvalue weighted by Gasteiger charge is 2.16. The first-order valence-corrected chi connectivity index (χ1v) is 10.7. The summed E-state index contributed by atoms with van der Waals surface area (Å²) in [5.74, 6) is -0.392. The molecule has 3 heterocycles. The number of carbonyl (C=O) groups is 1. The molecule has 0 saturated heterocycles. The molecule has 31 heavy (non-hydrogen) atoms. The summed E-state index contributed by atoms with van der Waals surface area (Å²) in [7, 11) is -3.88. The molecule has 0 saturated carbocycles. The normalized spacial score (nSPS) is 11.3. The van der Waals surface area contributed by atoms with Crippen molar-refractivity contribution in [2.75, 3.05) is 10.0 Å². The summed E-state index contributed by atoms with van der Waals surface area (Å²) in [5.41, 5.74) is 0.628. The molecule has 13 heteroatoms. The number of amides is 1. The first-order valence-electron chi connectivity index (χ1n) is 8.83. The van der Waals surface area contributed by atoms with Gasteiger partial charge in [-0.25, -0.2) is 8.42 Å². The van der Waals surface area contributed by atoms with Gasteiger partial charge in [0, 0.05) is 24.3 Å². The molecule has 158 valence electrons. The minimum absolute atomic E-state index is 0.00857. The Kier molecular flexibility index (Phi) is 5.64. The third kappa shape index (κ3) is 5.05. The average Bonchev–Trinajstić information content (AvgIpc) is 3.43. The highest BCUT2D eigenvalue weighted by Crippen LogP contribution is 2.18. The molecule has 2 N–H and O–H groups in total. The van der Waals surface area contributed by atoms with E-state index in [-0.39, 0.29) is 21.6 Å². The van der Waals surface area contributed by atoms with Gasteiger partial charge in [0.15, 0.2) is 16.7 Å². The number of nitrogens with zero attached hydrogens (tertiary/aromatic N) is 6. The van der Waals surface area contributed by atoms with Gasteiger partial charge < -0.3 is 5.32 Å². The molecule has 4 aromatic rings. The summed E-state index contributed by atoms with van der Waals surface area (Å²) in [6.45, 7) is 0.373. The molecule has 4 rings (SSSR count). The van der Waals surface area contributed by atoms with Crippen LogP contribution in [-0.2, 0) is 16.7 Å². The van der Waals surface area contributed by atoms with E-state index in [1.807, 2.05) is 0 Å². The van der Waals surface area contributed by atoms with E-state index in [1.165, 1.54) is 36.4 Å². The van der Waals surface area contributed by atoms with Crippen molar-refractivity contribution in [2.45, 2.75) is 11.6 Å². The van der Waals surface area contributed by atoms with Crippen LogP contribution in [-0.4, -0.2) is 44.1 Å². The molecule has 11 nitrogen and oxygen atoms in total. The van der Waals surface area contributed by atoms with Gasteiger partial charge in [0.1, 0.15) is 6.67 Å². The molecule has 0 radical (unpaired) electrons. The van der Waals surface area contributed by atoms with Crippen LogP contribution >= 0.6 is 11.6 Å². The van der Waals surface area contributed by atoms with Crippen LogP contribution in [0, 0.1) is 0 Å². The number of hydrogen-bond donors (Lipinski definition) is 2. The van der Waals surface area contributed by atoms with E-state index in [9.17, 15) is 13.2 Å². The van der Waals surface area contributed by atoms with E-state index >= 15 is 0 Å². The van der Waals surface area contributed by atoms with Crippen molar-refractivity contribution in [2.24, 2.45) is 0 Å². The molecule has 0 atom stereocenters. The zero-order valence-corrected chi connectivity index (χ0v) is 17.3. The topological polar surface area (TPSA) is 137 Å². The Morgan fingerprint density at radius 3 is 2.48 bits per heavy atom. The van der Waals surface area contributed by atoms with E-state index in [2.05, 4.69) is 30.4 Å². The van der Waals surface area contributed by atoms with Crippen molar-refractivity contribution in [3.8, 4) is 0 Å². The summed E-state index contributed by atoms with van der Waals surface area (Å²) >= 11 is 5.64. The van der Waals surface area contributed by atoms with E-state index in [0.29, 0.717) is 12.4 Å². The maximum atomic E-state index is 12.5. The van der Waals surface area contributed by atoms with E-state index in [0.717, 1.165) is 0 Å². The number of rotatable bonds is 7. The third-order valence-electron chi connectivity index (χ3n) is 4.02. The molecule has 0 aliphatic carbocycles. The number of carbonyl (C=O) groups excluding carboxylic acids is 1. The largest absolute Gasteiger partial charge is 0.321 e. The van der Waals surface area contributed by atoms with Gasteiger partial charge in [-0.2, -0.15) is 10.2 Å². The predicted molar refractivity (Wildman–Crippen MR) is 112 cm³/mol. The number of benzene rings is 1. The lowest BCUT2D eigenvalue weighted by Gasteiger charge is -2.08. The predicted octanol–water partition coefficient (Wildman–Crippen LogP) is 2.08. The number of sulfonamides is 1. The minimum atomic E-state index is -3.88. The Morgan fingerprint density at radius 1 is 1.00 bits per heavy atom. The molecule has 1 aromatic carbocycles. The number of halogens is 1. The Morgan fingerprint density at radius 2 is 1.81 bits per heavy atom. The zero-order valence-electron chi connectivity index (χ0n) is 15.8. The molecule has 1 amide bonds. The van der Waals surface area contributed by atoms with Crippen LogP contribution < -0.4 is 10.0 Å². The van der Waals surface area contributed by atoms with Crippen molar-refractivity contribution >= 4 is 39.0 Å². The monoisotopic (exact) mass is 458 g/mol. The van der Waals surface area contributed by atoms with Gasteiger partial charge in [0.25, 0.3) is 15.9 Å². The summed E-state index contributed by atoms with van der Waals surface area (Å²) in [6, 6.07) is 11.8. The van der Waals surface area contributed by atoms with Gasteiger partial charge >= 0.3 is 0 Å². The fraction of sp³-hybridized carbons (Fsp3) is 0.0556. The molecule has 0 fully saturated rings. The second kappa shape index (κ2) is 8.53. The lowest BCUT2D eigenvalue weighted by atomic mass is 10.3. The molecule has 0 aliphatic rings. The van der Waals surface area contributed by atoms with E-state index < -0.39 is 15.9 Å². The molecule has 3 aromatic heterocycles. The first kappa shape index (κ1) is 20.5. The van der Waals surface area contributed by atoms with Gasteiger partial charge in [0.05, 0.1) is 4.90 Å². The Balaban J connectivity index is 1.40. The van der Waals surface area contributed by atoms with Crippen LogP contribution in [0.15, 0.2) is 72.0 Å². The molecule has 0 unspecified atom stereocenters. The number of nitrogens with one attached hydrogen (secondary N) is 2. The molecule has 0 bridgehead atoms. The van der Waals surface area contributed by atoms with Crippen LogP contribution in [0.4, 0.5) is 11.5 Å². The number of aromatic nitrogens is 6. The van der Waals surface area contributed by atoms with Gasteiger partial charge in [-0.05, 0) is 48.5 Å². The average molecular weight is 459 g/mol. The van der Waals surface area contributed by atoms with Crippen LogP contribution in [0.5, 0.6) is 0 Å². The molecule has 0 aliphatic heterocycles. The second-order valence-electron chi connectivity index (χ2n) is 6.25. The maximum absolute atomic E-state index is 12.5. The van der Waals surface area contributed by atoms with E-state index in [1.54, 1.807) is 40.1 Å². The molecular formula is C18H15ClN8O3S. The second-order valence-corrected chi connectivity index (χ2v) is 8.32. The van der Waals surface area contributed by atoms with Crippen LogP contribution in [0.1, 0.15) is 10.5 Å². The molecular weight excluding hydrogens is 444 g/mol. The quantitative estimate of drug-likeness (QED) is 0.432. The van der Waals surface area contributed by atoms with Gasteiger partial charge in [0.2, 0.25) is 0 Å². The van der Waals surface area contributed by atoms with Crippen LogP contribution in [0.25, 0.3) is 0 Å². The van der Waals surface area contributed by atoms with Crippen molar-refractivity contribution < 1.29 is 13.2 Å². The highest BCUT2D eigenvalue weighted by atomic mass is 35.5. The van der Waals surface area contributed by atoms with Crippen LogP contribution in [0.2, 0.25) is 5.15 Å². The van der Waals surface area contributed by atoms with Crippen molar-refractivity contribution in [3.05, 3.63) is 78.0 Å². The first-order chi connectivity index (χ1) is 14.9. The smallest absolute Gasteiger partial charge is 0.276 e. The Hall–Kier alpha value is -3.77. The lowest BCUT2D eigenvalue weighted by molar-refractivity contribution is 0.102. The van der Waals surface area contributed by atoms with Gasteiger partial charge in [-0.3, -0.25) is 18.9 Å². The standard InChI is InChI=1S/C18H15ClN8O3S/c19-16-6-7-17(23-22-16)25-31(29,30)14-4-2-13(3-5-14)21-18(28)15-8-11-27(24-15)12-26-10-1-9-20-26/h1-11H,12H2,(H,21,28)(H,23,25). The SMILES string of the molecule is O=C(Nc1ccc(S(=O)(=O)Nc2ccc(Cl)nn2)cc1)c1ccn(Cn2cccn2)n1. The maximum Gasteiger partial charge on any atom is 0.276 e. The summed E-state index contributed by atoms with van der Waals surface area (Å²) < 4.78 is 30.4. The van der Waals surface area contributed by atoms with Gasteiger partial charge in [-0.1, -0.05) is 11.6 Å². The summed E-state index contributed by atoms with van der Waals surface area (Å²) in [5, 5.41) is 18.4. The number of anilines is 2. The van der Waals surface area contributed by atoms with Crippen molar-refractivity contribution in [1.29, 1.82) is 0 Å². The van der Waals surface area contributed by atoms with Crippen LogP contribution in [0.3, 0.4) is 0 Å². The fourth-order valence-corrected chi connectivity index (χ4v) is 3.67. The number of hydrogen-bond acceptors (Lipinski definition) is 7. The summed E-state index contributed by atoms with van der Waals surface area (Å²) in [4.78, 5) is 12.4. The minimum Gasteiger partial charge on any atom is -0.321 e. The van der Waals surface area contributed by atoms with Gasteiger partial charge in [-0.15, -0.1) is 10.2 Å². The highest BCUT2D eigenvalue weighted by molar-refractivity contribution is 7.92. The Labute approximate surface area is 181 Å². The lowest BCUT2D eigenvalue weighted by Crippen LogP contribution is -2.16. The zero-order chi connectivity index (χ0) is 21.8. The van der Waals surface area contributed by atoms with Crippen molar-refractivity contribution in [3.63, 3.8) is 0 Å². The van der Waals surface area contributed by atoms with Crippen molar-refractivity contribution in [1.82, 2.24) is 29.8 Å². The molecule has 0 spiro atoms. The fourth-order valence-electron chi connectivity index (χ4n) is 2.57.